The van der Waals surface area contributed by atoms with E-state index < -0.39 is 0 Å². The number of carbonyl (C=O) groups excluding carboxylic acids is 1. The van der Waals surface area contributed by atoms with Gasteiger partial charge in [0.1, 0.15) is 0 Å². The molecular formula is C29H20N2OS2. The fourth-order valence-corrected chi connectivity index (χ4v) is 5.83. The molecule has 34 heavy (non-hydrogen) atoms. The summed E-state index contributed by atoms with van der Waals surface area (Å²) in [6.45, 7) is 0.751. The number of anilines is 1. The maximum Gasteiger partial charge on any atom is 0.270 e. The van der Waals surface area contributed by atoms with Gasteiger partial charge in [-0.2, -0.15) is 0 Å². The lowest BCUT2D eigenvalue weighted by atomic mass is 10.0. The Morgan fingerprint density at radius 1 is 0.794 bits per heavy atom. The third-order valence-electron chi connectivity index (χ3n) is 6.13. The zero-order chi connectivity index (χ0) is 23.1. The second-order valence-electron chi connectivity index (χ2n) is 8.22. The van der Waals surface area contributed by atoms with E-state index in [0.29, 0.717) is 9.23 Å². The molecule has 1 fully saturated rings. The van der Waals surface area contributed by atoms with Gasteiger partial charge in [-0.05, 0) is 40.6 Å². The minimum Gasteiger partial charge on any atom is -0.342 e. The Kier molecular flexibility index (Phi) is 5.28. The van der Waals surface area contributed by atoms with Gasteiger partial charge in [0, 0.05) is 29.2 Å². The van der Waals surface area contributed by atoms with E-state index in [2.05, 4.69) is 71.4 Å². The van der Waals surface area contributed by atoms with E-state index in [1.807, 2.05) is 42.5 Å². The molecule has 1 amide bonds. The van der Waals surface area contributed by atoms with Gasteiger partial charge in [-0.25, -0.2) is 0 Å². The summed E-state index contributed by atoms with van der Waals surface area (Å²) >= 11 is 6.90. The molecule has 2 heterocycles. The molecule has 0 atom stereocenters. The van der Waals surface area contributed by atoms with Crippen LogP contribution in [-0.2, 0) is 11.3 Å². The van der Waals surface area contributed by atoms with Crippen LogP contribution in [0.15, 0.2) is 108 Å². The van der Waals surface area contributed by atoms with Crippen molar-refractivity contribution in [2.75, 3.05) is 4.90 Å². The summed E-state index contributed by atoms with van der Waals surface area (Å²) in [6.07, 6.45) is 4.12. The number of fused-ring (bicyclic) bond motifs is 2. The third-order valence-corrected chi connectivity index (χ3v) is 7.44. The molecule has 0 unspecified atom stereocenters. The smallest absolute Gasteiger partial charge is 0.270 e. The number of amides is 1. The predicted molar refractivity (Wildman–Crippen MR) is 147 cm³/mol. The predicted octanol–water partition coefficient (Wildman–Crippen LogP) is 7.25. The Morgan fingerprint density at radius 2 is 1.50 bits per heavy atom. The second kappa shape index (κ2) is 8.60. The van der Waals surface area contributed by atoms with E-state index in [4.69, 9.17) is 12.2 Å². The zero-order valence-electron chi connectivity index (χ0n) is 18.2. The van der Waals surface area contributed by atoms with Crippen LogP contribution in [-0.4, -0.2) is 14.8 Å². The summed E-state index contributed by atoms with van der Waals surface area (Å²) < 4.78 is 2.82. The van der Waals surface area contributed by atoms with Gasteiger partial charge in [0.2, 0.25) is 0 Å². The van der Waals surface area contributed by atoms with E-state index in [1.54, 1.807) is 4.90 Å². The van der Waals surface area contributed by atoms with Crippen molar-refractivity contribution in [3.8, 4) is 0 Å². The summed E-state index contributed by atoms with van der Waals surface area (Å²) in [5.74, 6) is -0.0768. The Labute approximate surface area is 207 Å². The van der Waals surface area contributed by atoms with E-state index in [-0.39, 0.29) is 5.91 Å². The molecule has 6 rings (SSSR count). The minimum atomic E-state index is -0.0768. The monoisotopic (exact) mass is 476 g/mol. The van der Waals surface area contributed by atoms with Crippen LogP contribution in [0.25, 0.3) is 27.8 Å². The summed E-state index contributed by atoms with van der Waals surface area (Å²) in [6, 6.07) is 32.8. The number of carbonyl (C=O) groups is 1. The summed E-state index contributed by atoms with van der Waals surface area (Å²) in [5.41, 5.74) is 4.22. The lowest BCUT2D eigenvalue weighted by Crippen LogP contribution is -2.27. The standard InChI is InChI=1S/C29H20N2OS2/c32-28-27(34-29(33)31(28)23-12-2-1-3-13-23)17-22-19-30(26-16-7-6-15-25(22)26)18-21-11-8-10-20-9-4-5-14-24(20)21/h1-17,19H,18H2/b27-17+. The van der Waals surface area contributed by atoms with Gasteiger partial charge in [-0.15, -0.1) is 0 Å². The van der Waals surface area contributed by atoms with E-state index in [1.165, 1.54) is 28.1 Å². The van der Waals surface area contributed by atoms with E-state index in [9.17, 15) is 4.79 Å². The molecule has 0 radical (unpaired) electrons. The van der Waals surface area contributed by atoms with Crippen molar-refractivity contribution in [2.45, 2.75) is 6.54 Å². The van der Waals surface area contributed by atoms with Crippen molar-refractivity contribution >= 4 is 67.6 Å². The highest BCUT2D eigenvalue weighted by Gasteiger charge is 2.33. The SMILES string of the molecule is O=C1/C(=C\c2cn(Cc3cccc4ccccc34)c3ccccc23)SC(=S)N1c1ccccc1. The molecule has 5 heteroatoms. The van der Waals surface area contributed by atoms with Crippen molar-refractivity contribution in [1.29, 1.82) is 0 Å². The van der Waals surface area contributed by atoms with Crippen molar-refractivity contribution in [1.82, 2.24) is 4.57 Å². The molecular weight excluding hydrogens is 456 g/mol. The van der Waals surface area contributed by atoms with Crippen molar-refractivity contribution in [3.05, 3.63) is 119 Å². The number of hydrogen-bond donors (Lipinski definition) is 0. The summed E-state index contributed by atoms with van der Waals surface area (Å²) in [4.78, 5) is 15.5. The summed E-state index contributed by atoms with van der Waals surface area (Å²) in [7, 11) is 0. The highest BCUT2D eigenvalue weighted by atomic mass is 32.2. The molecule has 1 aromatic heterocycles. The van der Waals surface area contributed by atoms with Crippen LogP contribution < -0.4 is 4.90 Å². The number of thioether (sulfide) groups is 1. The van der Waals surface area contributed by atoms with Gasteiger partial charge in [0.15, 0.2) is 4.32 Å². The molecule has 0 aliphatic carbocycles. The Hall–Kier alpha value is -3.67. The first-order valence-corrected chi connectivity index (χ1v) is 12.3. The van der Waals surface area contributed by atoms with Gasteiger partial charge < -0.3 is 4.57 Å². The van der Waals surface area contributed by atoms with Crippen molar-refractivity contribution in [3.63, 3.8) is 0 Å². The molecule has 0 saturated carbocycles. The fourth-order valence-electron chi connectivity index (χ4n) is 4.54. The molecule has 1 saturated heterocycles. The van der Waals surface area contributed by atoms with Gasteiger partial charge in [-0.3, -0.25) is 9.69 Å². The van der Waals surface area contributed by atoms with Gasteiger partial charge in [0.25, 0.3) is 5.91 Å². The first kappa shape index (κ1) is 20.9. The maximum atomic E-state index is 13.2. The van der Waals surface area contributed by atoms with Crippen molar-refractivity contribution in [2.24, 2.45) is 0 Å². The largest absolute Gasteiger partial charge is 0.342 e. The number of thiocarbonyl (C=S) groups is 1. The number of nitrogens with zero attached hydrogens (tertiary/aromatic N) is 2. The maximum absolute atomic E-state index is 13.2. The molecule has 1 aliphatic rings. The fraction of sp³-hybridized carbons (Fsp3) is 0.0345. The van der Waals surface area contributed by atoms with Crippen LogP contribution >= 0.6 is 24.0 Å². The lowest BCUT2D eigenvalue weighted by Gasteiger charge is -2.13. The van der Waals surface area contributed by atoms with E-state index >= 15 is 0 Å². The molecule has 0 spiro atoms. The molecule has 0 N–H and O–H groups in total. The molecule has 1 aliphatic heterocycles. The number of rotatable bonds is 4. The van der Waals surface area contributed by atoms with Gasteiger partial charge in [-0.1, -0.05) is 103 Å². The highest BCUT2D eigenvalue weighted by molar-refractivity contribution is 8.27. The quantitative estimate of drug-likeness (QED) is 0.202. The lowest BCUT2D eigenvalue weighted by molar-refractivity contribution is -0.113. The van der Waals surface area contributed by atoms with Crippen LogP contribution in [0.3, 0.4) is 0 Å². The number of benzene rings is 4. The van der Waals surface area contributed by atoms with Crippen LogP contribution in [0, 0.1) is 0 Å². The number of hydrogen-bond acceptors (Lipinski definition) is 3. The number of aromatic nitrogens is 1. The second-order valence-corrected chi connectivity index (χ2v) is 9.90. The first-order chi connectivity index (χ1) is 16.7. The van der Waals surface area contributed by atoms with Crippen LogP contribution in [0.5, 0.6) is 0 Å². The topological polar surface area (TPSA) is 25.2 Å². The molecule has 164 valence electrons. The minimum absolute atomic E-state index is 0.0768. The Balaban J connectivity index is 1.40. The van der Waals surface area contributed by atoms with Crippen LogP contribution in [0.1, 0.15) is 11.1 Å². The van der Waals surface area contributed by atoms with E-state index in [0.717, 1.165) is 28.7 Å². The summed E-state index contributed by atoms with van der Waals surface area (Å²) in [5, 5.41) is 3.61. The first-order valence-electron chi connectivity index (χ1n) is 11.1. The zero-order valence-corrected chi connectivity index (χ0v) is 19.9. The average molecular weight is 477 g/mol. The molecule has 0 bridgehead atoms. The van der Waals surface area contributed by atoms with Crippen LogP contribution in [0.2, 0.25) is 0 Å². The molecule has 3 nitrogen and oxygen atoms in total. The van der Waals surface area contributed by atoms with Crippen molar-refractivity contribution < 1.29 is 4.79 Å². The highest BCUT2D eigenvalue weighted by Crippen LogP contribution is 2.37. The Morgan fingerprint density at radius 3 is 2.35 bits per heavy atom. The van der Waals surface area contributed by atoms with Gasteiger partial charge >= 0.3 is 0 Å². The molecule has 5 aromatic rings. The molecule has 4 aromatic carbocycles. The normalized spacial score (nSPS) is 15.2. The Bertz CT molecular complexity index is 1600. The average Bonchev–Trinajstić information content (AvgIpc) is 3.36. The van der Waals surface area contributed by atoms with Gasteiger partial charge in [0.05, 0.1) is 10.6 Å². The third kappa shape index (κ3) is 3.63. The van der Waals surface area contributed by atoms with Crippen LogP contribution in [0.4, 0.5) is 5.69 Å². The number of para-hydroxylation sites is 2.